The Morgan fingerprint density at radius 1 is 0.842 bits per heavy atom. The van der Waals surface area contributed by atoms with Gasteiger partial charge in [0.25, 0.3) is 0 Å². The number of phenols is 1. The Balaban J connectivity index is 1.18. The number of carbonyl (C=O) groups is 1. The number of benzene rings is 3. The third kappa shape index (κ3) is 5.11. The minimum absolute atomic E-state index is 0.107. The lowest BCUT2D eigenvalue weighted by Gasteiger charge is -2.41. The number of phenolic OH excluding ortho intramolecular Hbond substituents is 1. The predicted octanol–water partition coefficient (Wildman–Crippen LogP) is 6.53. The largest absolute Gasteiger partial charge is 0.508 e. The van der Waals surface area contributed by atoms with Crippen molar-refractivity contribution in [3.63, 3.8) is 0 Å². The van der Waals surface area contributed by atoms with Crippen LogP contribution in [0, 0.1) is 5.41 Å². The van der Waals surface area contributed by atoms with E-state index in [0.717, 1.165) is 58.4 Å². The summed E-state index contributed by atoms with van der Waals surface area (Å²) in [6.07, 6.45) is 9.14. The summed E-state index contributed by atoms with van der Waals surface area (Å²) in [5.41, 5.74) is 6.53. The first-order chi connectivity index (χ1) is 18.6. The summed E-state index contributed by atoms with van der Waals surface area (Å²) in [7, 11) is 0. The first kappa shape index (κ1) is 25.2. The van der Waals surface area contributed by atoms with E-state index >= 15 is 0 Å². The third-order valence-electron chi connectivity index (χ3n) is 9.44. The van der Waals surface area contributed by atoms with Crippen LogP contribution in [0.1, 0.15) is 72.6 Å². The summed E-state index contributed by atoms with van der Waals surface area (Å²) in [6, 6.07) is 26.1. The van der Waals surface area contributed by atoms with Crippen molar-refractivity contribution in [3.05, 3.63) is 95.1 Å². The van der Waals surface area contributed by atoms with Gasteiger partial charge in [-0.05, 0) is 78.1 Å². The summed E-state index contributed by atoms with van der Waals surface area (Å²) in [5.74, 6) is 1.06. The van der Waals surface area contributed by atoms with Crippen molar-refractivity contribution in [2.75, 3.05) is 37.6 Å². The Morgan fingerprint density at radius 3 is 2.29 bits per heavy atom. The van der Waals surface area contributed by atoms with Crippen molar-refractivity contribution < 1.29 is 9.90 Å². The summed E-state index contributed by atoms with van der Waals surface area (Å²) in [4.78, 5) is 17.0. The van der Waals surface area contributed by atoms with Gasteiger partial charge in [-0.15, -0.1) is 0 Å². The van der Waals surface area contributed by atoms with E-state index < -0.39 is 0 Å². The number of aromatic hydroxyl groups is 1. The highest BCUT2D eigenvalue weighted by atomic mass is 16.3. The van der Waals surface area contributed by atoms with Gasteiger partial charge in [0.2, 0.25) is 0 Å². The number of piperazine rings is 1. The molecule has 1 aliphatic heterocycles. The zero-order valence-electron chi connectivity index (χ0n) is 22.4. The average Bonchev–Trinajstić information content (AvgIpc) is 2.98. The van der Waals surface area contributed by atoms with Gasteiger partial charge in [-0.2, -0.15) is 0 Å². The fourth-order valence-electron chi connectivity index (χ4n) is 7.35. The molecule has 1 saturated carbocycles. The van der Waals surface area contributed by atoms with Crippen LogP contribution < -0.4 is 4.90 Å². The Hall–Kier alpha value is -3.11. The molecule has 0 radical (unpaired) electrons. The van der Waals surface area contributed by atoms with E-state index in [-0.39, 0.29) is 11.3 Å². The molecule has 0 unspecified atom stereocenters. The molecule has 0 bridgehead atoms. The molecular weight excluding hydrogens is 468 g/mol. The Labute approximate surface area is 227 Å². The molecule has 0 spiro atoms. The summed E-state index contributed by atoms with van der Waals surface area (Å²) >= 11 is 0. The maximum Gasteiger partial charge on any atom is 0.127 e. The molecule has 3 aliphatic rings. The number of anilines is 1. The zero-order valence-corrected chi connectivity index (χ0v) is 22.4. The molecule has 2 aliphatic carbocycles. The van der Waals surface area contributed by atoms with Crippen LogP contribution in [0.25, 0.3) is 0 Å². The van der Waals surface area contributed by atoms with Gasteiger partial charge in [0.15, 0.2) is 0 Å². The molecule has 1 N–H and O–H groups in total. The van der Waals surface area contributed by atoms with Gasteiger partial charge in [0.1, 0.15) is 12.0 Å². The van der Waals surface area contributed by atoms with Crippen LogP contribution in [-0.4, -0.2) is 49.0 Å². The molecule has 1 saturated heterocycles. The van der Waals surface area contributed by atoms with E-state index in [1.807, 2.05) is 12.1 Å². The van der Waals surface area contributed by atoms with Crippen molar-refractivity contribution in [3.8, 4) is 5.75 Å². The second-order valence-corrected chi connectivity index (χ2v) is 11.8. The topological polar surface area (TPSA) is 43.8 Å². The molecule has 2 fully saturated rings. The van der Waals surface area contributed by atoms with Crippen molar-refractivity contribution in [2.24, 2.45) is 5.41 Å². The number of fused-ring (bicyclic) bond motifs is 1. The van der Waals surface area contributed by atoms with Gasteiger partial charge in [0.05, 0.1) is 0 Å². The van der Waals surface area contributed by atoms with E-state index in [9.17, 15) is 9.90 Å². The zero-order chi connectivity index (χ0) is 26.0. The molecular formula is C34H40N2O2. The number of aryl methyl sites for hydroxylation is 1. The minimum Gasteiger partial charge on any atom is -0.508 e. The number of nitrogens with zero attached hydrogens (tertiary/aromatic N) is 2. The highest BCUT2D eigenvalue weighted by molar-refractivity contribution is 5.60. The van der Waals surface area contributed by atoms with Gasteiger partial charge in [-0.1, -0.05) is 67.8 Å². The first-order valence-electron chi connectivity index (χ1n) is 14.5. The highest BCUT2D eigenvalue weighted by Gasteiger charge is 2.35. The predicted molar refractivity (Wildman–Crippen MR) is 154 cm³/mol. The molecule has 198 valence electrons. The quantitative estimate of drug-likeness (QED) is 0.385. The SMILES string of the molecule is O=CC1(CN2CCN(c3ccc([C@@H]4c5ccc(O)cc5CC[C@@H]4c4ccccc4)cc3)CC2)CCCCC1. The Bertz CT molecular complexity index is 1230. The third-order valence-corrected chi connectivity index (χ3v) is 9.44. The number of hydrogen-bond donors (Lipinski definition) is 1. The van der Waals surface area contributed by atoms with Crippen molar-refractivity contribution in [1.29, 1.82) is 0 Å². The van der Waals surface area contributed by atoms with E-state index in [2.05, 4.69) is 70.5 Å². The van der Waals surface area contributed by atoms with E-state index in [1.165, 1.54) is 53.5 Å². The van der Waals surface area contributed by atoms with Gasteiger partial charge in [0, 0.05) is 49.7 Å². The molecule has 2 atom stereocenters. The maximum atomic E-state index is 12.0. The minimum atomic E-state index is -0.107. The van der Waals surface area contributed by atoms with Gasteiger partial charge in [-0.3, -0.25) is 4.90 Å². The molecule has 4 heteroatoms. The number of hydrogen-bond acceptors (Lipinski definition) is 4. The fraction of sp³-hybridized carbons (Fsp3) is 0.441. The molecule has 0 amide bonds. The lowest BCUT2D eigenvalue weighted by molar-refractivity contribution is -0.119. The van der Waals surface area contributed by atoms with Crippen molar-refractivity contribution >= 4 is 12.0 Å². The fourth-order valence-corrected chi connectivity index (χ4v) is 7.35. The van der Waals surface area contributed by atoms with Crippen LogP contribution >= 0.6 is 0 Å². The number of aldehydes is 1. The molecule has 6 rings (SSSR count). The van der Waals surface area contributed by atoms with Crippen LogP contribution in [0.15, 0.2) is 72.8 Å². The van der Waals surface area contributed by atoms with Crippen molar-refractivity contribution in [2.45, 2.75) is 56.8 Å². The van der Waals surface area contributed by atoms with Crippen molar-refractivity contribution in [1.82, 2.24) is 4.90 Å². The van der Waals surface area contributed by atoms with Gasteiger partial charge < -0.3 is 14.8 Å². The molecule has 3 aromatic rings. The first-order valence-corrected chi connectivity index (χ1v) is 14.5. The summed E-state index contributed by atoms with van der Waals surface area (Å²) < 4.78 is 0. The molecule has 3 aromatic carbocycles. The monoisotopic (exact) mass is 508 g/mol. The number of carbonyl (C=O) groups excluding carboxylic acids is 1. The highest BCUT2D eigenvalue weighted by Crippen LogP contribution is 2.47. The molecule has 0 aromatic heterocycles. The van der Waals surface area contributed by atoms with Gasteiger partial charge >= 0.3 is 0 Å². The lowest BCUT2D eigenvalue weighted by atomic mass is 9.69. The maximum absolute atomic E-state index is 12.0. The van der Waals surface area contributed by atoms with E-state index in [4.69, 9.17) is 0 Å². The van der Waals surface area contributed by atoms with Crippen LogP contribution in [0.2, 0.25) is 0 Å². The normalized spacial score (nSPS) is 23.5. The lowest BCUT2D eigenvalue weighted by Crippen LogP contribution is -2.50. The second kappa shape index (κ2) is 10.9. The smallest absolute Gasteiger partial charge is 0.127 e. The number of rotatable bonds is 6. The van der Waals surface area contributed by atoms with Crippen LogP contribution in [-0.2, 0) is 11.2 Å². The summed E-state index contributed by atoms with van der Waals surface area (Å²) in [5, 5.41) is 10.1. The van der Waals surface area contributed by atoms with E-state index in [0.29, 0.717) is 11.7 Å². The van der Waals surface area contributed by atoms with Crippen LogP contribution in [0.4, 0.5) is 5.69 Å². The standard InChI is InChI=1S/C34H40N2O2/c37-25-34(17-5-2-6-18-34)24-35-19-21-36(22-20-35)29-12-9-27(10-13-29)33-31(26-7-3-1-4-8-26)15-11-28-23-30(38)14-16-32(28)33/h1,3-4,7-10,12-14,16,23,25,31,33,38H,2,5-6,11,15,17-22,24H2/t31-,33+/m1/s1. The molecule has 38 heavy (non-hydrogen) atoms. The van der Waals surface area contributed by atoms with E-state index in [1.54, 1.807) is 0 Å². The molecule has 4 nitrogen and oxygen atoms in total. The molecule has 1 heterocycles. The Morgan fingerprint density at radius 2 is 1.58 bits per heavy atom. The summed E-state index contributed by atoms with van der Waals surface area (Å²) in [6.45, 7) is 4.99. The Kier molecular flexibility index (Phi) is 7.25. The average molecular weight is 509 g/mol. The van der Waals surface area contributed by atoms with Crippen LogP contribution in [0.5, 0.6) is 5.75 Å². The second-order valence-electron chi connectivity index (χ2n) is 11.8. The van der Waals surface area contributed by atoms with Gasteiger partial charge in [-0.25, -0.2) is 0 Å². The van der Waals surface area contributed by atoms with Crippen LogP contribution in [0.3, 0.4) is 0 Å².